The van der Waals surface area contributed by atoms with E-state index in [2.05, 4.69) is 39.2 Å². The summed E-state index contributed by atoms with van der Waals surface area (Å²) < 4.78 is 6.94. The van der Waals surface area contributed by atoms with Gasteiger partial charge in [-0.15, -0.1) is 11.3 Å². The van der Waals surface area contributed by atoms with Crippen molar-refractivity contribution in [2.75, 3.05) is 6.54 Å². The summed E-state index contributed by atoms with van der Waals surface area (Å²) in [6.45, 7) is 6.63. The third-order valence-corrected chi connectivity index (χ3v) is 4.47. The number of hydrogen-bond acceptors (Lipinski definition) is 4. The van der Waals surface area contributed by atoms with Gasteiger partial charge in [0.2, 0.25) is 0 Å². The first kappa shape index (κ1) is 15.5. The summed E-state index contributed by atoms with van der Waals surface area (Å²) in [5.41, 5.74) is 1.22. The van der Waals surface area contributed by atoms with Crippen LogP contribution in [0.25, 0.3) is 0 Å². The molecular formula is C15H19BrN2OS. The van der Waals surface area contributed by atoms with Crippen molar-refractivity contribution in [1.82, 2.24) is 10.3 Å². The number of halogens is 1. The van der Waals surface area contributed by atoms with Crippen molar-refractivity contribution >= 4 is 27.3 Å². The molecule has 0 atom stereocenters. The maximum atomic E-state index is 5.83. The van der Waals surface area contributed by atoms with E-state index < -0.39 is 0 Å². The van der Waals surface area contributed by atoms with Crippen LogP contribution < -0.4 is 10.1 Å². The minimum atomic E-state index is 0.578. The zero-order chi connectivity index (χ0) is 14.4. The molecule has 0 aliphatic rings. The summed E-state index contributed by atoms with van der Waals surface area (Å²) in [6, 6.07) is 6.11. The predicted molar refractivity (Wildman–Crippen MR) is 87.3 cm³/mol. The van der Waals surface area contributed by atoms with Crippen molar-refractivity contribution in [1.29, 1.82) is 0 Å². The summed E-state index contributed by atoms with van der Waals surface area (Å²) in [7, 11) is 0. The summed E-state index contributed by atoms with van der Waals surface area (Å²) in [6.07, 6.45) is 3.01. The molecule has 1 N–H and O–H groups in total. The molecule has 3 nitrogen and oxygen atoms in total. The number of rotatable bonds is 7. The third-order valence-electron chi connectivity index (χ3n) is 2.81. The molecule has 0 spiro atoms. The fraction of sp³-hybridized carbons (Fsp3) is 0.400. The quantitative estimate of drug-likeness (QED) is 0.753. The monoisotopic (exact) mass is 354 g/mol. The molecule has 1 heterocycles. The summed E-state index contributed by atoms with van der Waals surface area (Å²) in [5, 5.41) is 4.48. The number of thiazole rings is 1. The van der Waals surface area contributed by atoms with Gasteiger partial charge in [0.25, 0.3) is 0 Å². The lowest BCUT2D eigenvalue weighted by atomic mass is 10.2. The largest absolute Gasteiger partial charge is 0.488 e. The van der Waals surface area contributed by atoms with Gasteiger partial charge in [0.1, 0.15) is 12.4 Å². The lowest BCUT2D eigenvalue weighted by Crippen LogP contribution is -2.14. The maximum Gasteiger partial charge on any atom is 0.124 e. The van der Waals surface area contributed by atoms with Crippen LogP contribution in [0.5, 0.6) is 5.75 Å². The number of benzene rings is 1. The molecule has 108 valence electrons. The molecular weight excluding hydrogens is 336 g/mol. The van der Waals surface area contributed by atoms with E-state index >= 15 is 0 Å². The van der Waals surface area contributed by atoms with Crippen LogP contribution in [0.4, 0.5) is 0 Å². The molecule has 2 aromatic rings. The van der Waals surface area contributed by atoms with Gasteiger partial charge in [-0.2, -0.15) is 0 Å². The number of nitrogens with zero attached hydrogens (tertiary/aromatic N) is 1. The molecule has 1 aromatic carbocycles. The van der Waals surface area contributed by atoms with Crippen molar-refractivity contribution in [3.63, 3.8) is 0 Å². The van der Waals surface area contributed by atoms with Crippen molar-refractivity contribution in [3.05, 3.63) is 44.3 Å². The molecule has 0 bridgehead atoms. The van der Waals surface area contributed by atoms with Gasteiger partial charge >= 0.3 is 0 Å². The third kappa shape index (κ3) is 4.58. The van der Waals surface area contributed by atoms with Crippen molar-refractivity contribution < 1.29 is 4.74 Å². The lowest BCUT2D eigenvalue weighted by Gasteiger charge is -2.10. The first-order valence-corrected chi connectivity index (χ1v) is 8.33. The van der Waals surface area contributed by atoms with E-state index in [1.807, 2.05) is 25.3 Å². The van der Waals surface area contributed by atoms with Crippen LogP contribution in [0.1, 0.15) is 28.8 Å². The average Bonchev–Trinajstić information content (AvgIpc) is 2.85. The molecule has 5 heteroatoms. The molecule has 0 amide bonds. The minimum absolute atomic E-state index is 0.578. The van der Waals surface area contributed by atoms with E-state index in [1.54, 1.807) is 11.3 Å². The standard InChI is InChI=1S/C15H19BrN2OS/c1-3-6-17-8-12-7-13(4-5-15(12)16)19-10-14-9-18-11(2)20-14/h4-5,7,9,17H,3,6,8,10H2,1-2H3. The number of ether oxygens (including phenoxy) is 1. The van der Waals surface area contributed by atoms with E-state index in [1.165, 1.54) is 5.56 Å². The smallest absolute Gasteiger partial charge is 0.124 e. The Kier molecular flexibility index (Phi) is 6.01. The van der Waals surface area contributed by atoms with E-state index in [4.69, 9.17) is 4.74 Å². The van der Waals surface area contributed by atoms with E-state index in [9.17, 15) is 0 Å². The van der Waals surface area contributed by atoms with Gasteiger partial charge in [-0.05, 0) is 43.7 Å². The van der Waals surface area contributed by atoms with E-state index in [0.29, 0.717) is 6.61 Å². The number of aryl methyl sites for hydroxylation is 1. The molecule has 0 aliphatic heterocycles. The zero-order valence-corrected chi connectivity index (χ0v) is 14.2. The average molecular weight is 355 g/mol. The molecule has 0 radical (unpaired) electrons. The highest BCUT2D eigenvalue weighted by Crippen LogP contribution is 2.24. The highest BCUT2D eigenvalue weighted by Gasteiger charge is 2.04. The normalized spacial score (nSPS) is 10.8. The second-order valence-corrected chi connectivity index (χ2v) is 6.74. The minimum Gasteiger partial charge on any atom is -0.488 e. The van der Waals surface area contributed by atoms with Gasteiger partial charge < -0.3 is 10.1 Å². The summed E-state index contributed by atoms with van der Waals surface area (Å²) >= 11 is 5.25. The Morgan fingerprint density at radius 2 is 2.25 bits per heavy atom. The Bertz CT molecular complexity index is 557. The molecule has 2 rings (SSSR count). The maximum absolute atomic E-state index is 5.83. The zero-order valence-electron chi connectivity index (χ0n) is 11.8. The van der Waals surface area contributed by atoms with E-state index in [-0.39, 0.29) is 0 Å². The fourth-order valence-corrected chi connectivity index (χ4v) is 2.90. The Morgan fingerprint density at radius 3 is 2.95 bits per heavy atom. The van der Waals surface area contributed by atoms with Gasteiger partial charge in [0, 0.05) is 17.2 Å². The predicted octanol–water partition coefficient (Wildman–Crippen LogP) is 4.29. The molecule has 0 fully saturated rings. The first-order valence-electron chi connectivity index (χ1n) is 6.72. The van der Waals surface area contributed by atoms with Crippen LogP contribution >= 0.6 is 27.3 Å². The molecule has 0 saturated heterocycles. The molecule has 1 aromatic heterocycles. The Morgan fingerprint density at radius 1 is 1.40 bits per heavy atom. The van der Waals surface area contributed by atoms with Gasteiger partial charge in [0.05, 0.1) is 9.88 Å². The Balaban J connectivity index is 1.95. The van der Waals surface area contributed by atoms with Crippen LogP contribution in [0, 0.1) is 6.92 Å². The van der Waals surface area contributed by atoms with Crippen LogP contribution in [0.3, 0.4) is 0 Å². The molecule has 20 heavy (non-hydrogen) atoms. The number of nitrogens with one attached hydrogen (secondary N) is 1. The van der Waals surface area contributed by atoms with E-state index in [0.717, 1.165) is 39.6 Å². The van der Waals surface area contributed by atoms with Crippen LogP contribution in [-0.4, -0.2) is 11.5 Å². The van der Waals surface area contributed by atoms with Crippen molar-refractivity contribution in [3.8, 4) is 5.75 Å². The number of aromatic nitrogens is 1. The molecule has 0 aliphatic carbocycles. The van der Waals surface area contributed by atoms with Gasteiger partial charge in [0.15, 0.2) is 0 Å². The highest BCUT2D eigenvalue weighted by molar-refractivity contribution is 9.10. The second kappa shape index (κ2) is 7.76. The lowest BCUT2D eigenvalue weighted by molar-refractivity contribution is 0.309. The van der Waals surface area contributed by atoms with Crippen molar-refractivity contribution in [2.24, 2.45) is 0 Å². The van der Waals surface area contributed by atoms with Crippen LogP contribution in [0.15, 0.2) is 28.9 Å². The summed E-state index contributed by atoms with van der Waals surface area (Å²) in [5.74, 6) is 0.896. The van der Waals surface area contributed by atoms with Crippen molar-refractivity contribution in [2.45, 2.75) is 33.4 Å². The SMILES string of the molecule is CCCNCc1cc(OCc2cnc(C)s2)ccc1Br. The highest BCUT2D eigenvalue weighted by atomic mass is 79.9. The fourth-order valence-electron chi connectivity index (χ4n) is 1.80. The number of hydrogen-bond donors (Lipinski definition) is 1. The van der Waals surface area contributed by atoms with Gasteiger partial charge in [-0.1, -0.05) is 22.9 Å². The van der Waals surface area contributed by atoms with Gasteiger partial charge in [-0.25, -0.2) is 4.98 Å². The Labute approximate surface area is 132 Å². The van der Waals surface area contributed by atoms with Crippen LogP contribution in [0.2, 0.25) is 0 Å². The summed E-state index contributed by atoms with van der Waals surface area (Å²) in [4.78, 5) is 5.38. The van der Waals surface area contributed by atoms with Crippen LogP contribution in [-0.2, 0) is 13.2 Å². The first-order chi connectivity index (χ1) is 9.69. The Hall–Kier alpha value is -0.910. The van der Waals surface area contributed by atoms with Gasteiger partial charge in [-0.3, -0.25) is 0 Å². The second-order valence-electron chi connectivity index (χ2n) is 4.56. The topological polar surface area (TPSA) is 34.1 Å². The molecule has 0 saturated carbocycles. The molecule has 0 unspecified atom stereocenters.